The number of likely N-dealkylation sites (tertiary alicyclic amines) is 1. The van der Waals surface area contributed by atoms with Crippen LogP contribution in [0.2, 0.25) is 0 Å². The molecule has 0 radical (unpaired) electrons. The summed E-state index contributed by atoms with van der Waals surface area (Å²) in [7, 11) is 1.76. The van der Waals surface area contributed by atoms with Crippen molar-refractivity contribution in [1.29, 1.82) is 0 Å². The number of amides is 1. The minimum absolute atomic E-state index is 0.0698. The zero-order chi connectivity index (χ0) is 17.7. The molecule has 3 aliphatic rings. The van der Waals surface area contributed by atoms with E-state index in [4.69, 9.17) is 4.74 Å². The van der Waals surface area contributed by atoms with Crippen molar-refractivity contribution in [3.63, 3.8) is 0 Å². The molecule has 2 fully saturated rings. The van der Waals surface area contributed by atoms with Gasteiger partial charge in [-0.2, -0.15) is 0 Å². The number of carbonyl (C=O) groups excluding carboxylic acids is 1. The van der Waals surface area contributed by atoms with Gasteiger partial charge >= 0.3 is 0 Å². The molecule has 136 valence electrons. The maximum atomic E-state index is 13.1. The predicted octanol–water partition coefficient (Wildman–Crippen LogP) is 4.07. The average molecular weight is 349 g/mol. The van der Waals surface area contributed by atoms with Crippen molar-refractivity contribution in [3.05, 3.63) is 35.4 Å². The van der Waals surface area contributed by atoms with Crippen LogP contribution in [0, 0.1) is 5.92 Å². The maximum Gasteiger partial charge on any atom is 0.249 e. The predicted molar refractivity (Wildman–Crippen MR) is 90.6 cm³/mol. The van der Waals surface area contributed by atoms with Gasteiger partial charge in [0.15, 0.2) is 0 Å². The van der Waals surface area contributed by atoms with E-state index >= 15 is 0 Å². The van der Waals surface area contributed by atoms with Crippen molar-refractivity contribution in [2.75, 3.05) is 20.2 Å². The summed E-state index contributed by atoms with van der Waals surface area (Å²) < 4.78 is 31.8. The summed E-state index contributed by atoms with van der Waals surface area (Å²) in [6.45, 7) is 1.35. The van der Waals surface area contributed by atoms with Gasteiger partial charge in [0.1, 0.15) is 0 Å². The first-order valence-corrected chi connectivity index (χ1v) is 9.23. The number of piperidine rings is 1. The summed E-state index contributed by atoms with van der Waals surface area (Å²) >= 11 is 0. The van der Waals surface area contributed by atoms with E-state index in [0.29, 0.717) is 13.1 Å². The zero-order valence-corrected chi connectivity index (χ0v) is 14.6. The largest absolute Gasteiger partial charge is 0.377 e. The maximum absolute atomic E-state index is 13.1. The van der Waals surface area contributed by atoms with E-state index < -0.39 is 11.8 Å². The highest BCUT2D eigenvalue weighted by molar-refractivity contribution is 5.80. The Bertz CT molecular complexity index is 659. The molecule has 5 heteroatoms. The van der Waals surface area contributed by atoms with Crippen LogP contribution < -0.4 is 0 Å². The van der Waals surface area contributed by atoms with E-state index in [0.717, 1.165) is 25.7 Å². The number of fused-ring (bicyclic) bond motifs is 2. The van der Waals surface area contributed by atoms with E-state index in [2.05, 4.69) is 24.3 Å². The number of carbonyl (C=O) groups is 1. The van der Waals surface area contributed by atoms with Gasteiger partial charge in [0.25, 0.3) is 0 Å². The number of alkyl halides is 2. The van der Waals surface area contributed by atoms with Gasteiger partial charge in [0, 0.05) is 39.0 Å². The molecule has 0 N–H and O–H groups in total. The van der Waals surface area contributed by atoms with Crippen LogP contribution in [0.4, 0.5) is 8.78 Å². The smallest absolute Gasteiger partial charge is 0.249 e. The van der Waals surface area contributed by atoms with Gasteiger partial charge in [0.05, 0.1) is 6.10 Å². The van der Waals surface area contributed by atoms with E-state index in [1.807, 2.05) is 4.90 Å². The molecule has 1 atom stereocenters. The minimum atomic E-state index is -2.63. The first-order chi connectivity index (χ1) is 11.9. The SMILES string of the molecule is COC1CCC2(CCN(C(=O)C3CC(F)(F)C3)CC2)c2ccccc21. The lowest BCUT2D eigenvalue weighted by molar-refractivity contribution is -0.161. The highest BCUT2D eigenvalue weighted by Crippen LogP contribution is 2.49. The van der Waals surface area contributed by atoms with Gasteiger partial charge in [-0.25, -0.2) is 8.78 Å². The molecule has 0 aromatic heterocycles. The molecular weight excluding hydrogens is 324 g/mol. The second kappa shape index (κ2) is 6.04. The van der Waals surface area contributed by atoms with Crippen LogP contribution in [0.25, 0.3) is 0 Å². The molecule has 25 heavy (non-hydrogen) atoms. The molecule has 1 aromatic rings. The molecule has 1 aromatic carbocycles. The summed E-state index contributed by atoms with van der Waals surface area (Å²) in [4.78, 5) is 14.3. The Balaban J connectivity index is 1.47. The molecule has 2 aliphatic carbocycles. The first kappa shape index (κ1) is 17.0. The highest BCUT2D eigenvalue weighted by Gasteiger charge is 2.51. The first-order valence-electron chi connectivity index (χ1n) is 9.23. The number of benzene rings is 1. The average Bonchev–Trinajstić information content (AvgIpc) is 2.60. The van der Waals surface area contributed by atoms with Crippen LogP contribution in [0.1, 0.15) is 55.8 Å². The molecule has 1 heterocycles. The molecule has 1 unspecified atom stereocenters. The molecule has 1 saturated carbocycles. The summed E-state index contributed by atoms with van der Waals surface area (Å²) in [6.07, 6.45) is 3.49. The van der Waals surface area contributed by atoms with Gasteiger partial charge in [-0.1, -0.05) is 24.3 Å². The third-order valence-corrected chi connectivity index (χ3v) is 6.52. The number of ether oxygens (including phenoxy) is 1. The van der Waals surface area contributed by atoms with Crippen molar-refractivity contribution in [2.24, 2.45) is 5.92 Å². The summed E-state index contributed by atoms with van der Waals surface area (Å²) in [5.41, 5.74) is 2.73. The molecule has 4 rings (SSSR count). The quantitative estimate of drug-likeness (QED) is 0.805. The fourth-order valence-corrected chi connectivity index (χ4v) is 4.97. The van der Waals surface area contributed by atoms with Crippen LogP contribution in [-0.4, -0.2) is 36.9 Å². The third-order valence-electron chi connectivity index (χ3n) is 6.52. The van der Waals surface area contributed by atoms with Gasteiger partial charge < -0.3 is 9.64 Å². The minimum Gasteiger partial charge on any atom is -0.377 e. The standard InChI is InChI=1S/C20H25F2NO2/c1-25-17-6-7-19(16-5-3-2-4-15(16)17)8-10-23(11-9-19)18(24)14-12-20(21,22)13-14/h2-5,14,17H,6-13H2,1H3. The Kier molecular flexibility index (Phi) is 4.10. The second-order valence-corrected chi connectivity index (χ2v) is 7.92. The molecule has 1 amide bonds. The van der Waals surface area contributed by atoms with Gasteiger partial charge in [0.2, 0.25) is 11.8 Å². The van der Waals surface area contributed by atoms with Crippen molar-refractivity contribution < 1.29 is 18.3 Å². The van der Waals surface area contributed by atoms with Crippen molar-refractivity contribution in [1.82, 2.24) is 4.90 Å². The second-order valence-electron chi connectivity index (χ2n) is 7.92. The van der Waals surface area contributed by atoms with E-state index in [9.17, 15) is 13.6 Å². The number of nitrogens with zero attached hydrogens (tertiary/aromatic N) is 1. The summed E-state index contributed by atoms with van der Waals surface area (Å²) in [6, 6.07) is 8.48. The number of methoxy groups -OCH3 is 1. The number of hydrogen-bond donors (Lipinski definition) is 0. The third kappa shape index (κ3) is 2.86. The van der Waals surface area contributed by atoms with Crippen LogP contribution in [-0.2, 0) is 14.9 Å². The fraction of sp³-hybridized carbons (Fsp3) is 0.650. The van der Waals surface area contributed by atoms with Crippen LogP contribution in [0.5, 0.6) is 0 Å². The Morgan fingerprint density at radius 1 is 1.16 bits per heavy atom. The highest BCUT2D eigenvalue weighted by atomic mass is 19.3. The normalized spacial score (nSPS) is 27.6. The molecule has 1 aliphatic heterocycles. The Labute approximate surface area is 147 Å². The van der Waals surface area contributed by atoms with Crippen molar-refractivity contribution >= 4 is 5.91 Å². The topological polar surface area (TPSA) is 29.5 Å². The molecule has 3 nitrogen and oxygen atoms in total. The summed E-state index contributed by atoms with van der Waals surface area (Å²) in [5, 5.41) is 0. The lowest BCUT2D eigenvalue weighted by Gasteiger charge is -2.48. The summed E-state index contributed by atoms with van der Waals surface area (Å²) in [5.74, 6) is -3.17. The lowest BCUT2D eigenvalue weighted by Crippen LogP contribution is -2.52. The molecular formula is C20H25F2NO2. The Morgan fingerprint density at radius 2 is 1.84 bits per heavy atom. The van der Waals surface area contributed by atoms with Crippen molar-refractivity contribution in [3.8, 4) is 0 Å². The van der Waals surface area contributed by atoms with Crippen LogP contribution in [0.3, 0.4) is 0 Å². The molecule has 1 saturated heterocycles. The van der Waals surface area contributed by atoms with Gasteiger partial charge in [-0.15, -0.1) is 0 Å². The number of hydrogen-bond acceptors (Lipinski definition) is 2. The number of rotatable bonds is 2. The number of halogens is 2. The molecule has 0 bridgehead atoms. The van der Waals surface area contributed by atoms with Crippen LogP contribution >= 0.6 is 0 Å². The van der Waals surface area contributed by atoms with Crippen LogP contribution in [0.15, 0.2) is 24.3 Å². The fourth-order valence-electron chi connectivity index (χ4n) is 4.97. The van der Waals surface area contributed by atoms with Gasteiger partial charge in [-0.05, 0) is 42.2 Å². The van der Waals surface area contributed by atoms with Crippen molar-refractivity contribution in [2.45, 2.75) is 56.0 Å². The lowest BCUT2D eigenvalue weighted by atomic mass is 9.64. The zero-order valence-electron chi connectivity index (χ0n) is 14.6. The van der Waals surface area contributed by atoms with E-state index in [1.54, 1.807) is 7.11 Å². The monoisotopic (exact) mass is 349 g/mol. The molecule has 1 spiro atoms. The Morgan fingerprint density at radius 3 is 2.48 bits per heavy atom. The Hall–Kier alpha value is -1.49. The van der Waals surface area contributed by atoms with E-state index in [1.165, 1.54) is 11.1 Å². The van der Waals surface area contributed by atoms with E-state index in [-0.39, 0.29) is 30.3 Å². The van der Waals surface area contributed by atoms with Gasteiger partial charge in [-0.3, -0.25) is 4.79 Å².